The van der Waals surface area contributed by atoms with Crippen LogP contribution in [-0.4, -0.2) is 77.6 Å². The molecule has 0 aromatic heterocycles. The van der Waals surface area contributed by atoms with Crippen LogP contribution in [-0.2, 0) is 4.79 Å². The van der Waals surface area contributed by atoms with Gasteiger partial charge in [0.2, 0.25) is 0 Å². The first-order valence-electron chi connectivity index (χ1n) is 7.33. The van der Waals surface area contributed by atoms with Crippen LogP contribution in [0.5, 0.6) is 0 Å². The summed E-state index contributed by atoms with van der Waals surface area (Å²) in [6.45, 7) is 9.15. The molecule has 2 amide bonds. The Morgan fingerprint density at radius 1 is 1.20 bits per heavy atom. The number of nitrogens with zero attached hydrogens (tertiary/aromatic N) is 3. The molecule has 1 saturated heterocycles. The highest BCUT2D eigenvalue weighted by molar-refractivity contribution is 5.75. The maximum absolute atomic E-state index is 12.3. The Labute approximate surface area is 121 Å². The maximum Gasteiger partial charge on any atom is 0.320 e. The molecule has 0 radical (unpaired) electrons. The standard InChI is InChI=1S/C14H27N3O3/c1-5-11(2)10-15(4)14(20)17-8-6-16(7-9-17)12(3)13(18)19/h11-12H,5-10H2,1-4H3,(H,18,19). The molecule has 0 aliphatic carbocycles. The molecule has 0 saturated carbocycles. The molecule has 1 aliphatic heterocycles. The van der Waals surface area contributed by atoms with Crippen LogP contribution in [0.4, 0.5) is 4.79 Å². The van der Waals surface area contributed by atoms with Crippen molar-refractivity contribution in [1.29, 1.82) is 0 Å². The molecule has 1 rings (SSSR count). The molecular formula is C14H27N3O3. The van der Waals surface area contributed by atoms with E-state index in [-0.39, 0.29) is 6.03 Å². The molecule has 1 aliphatic rings. The summed E-state index contributed by atoms with van der Waals surface area (Å²) in [5.41, 5.74) is 0. The van der Waals surface area contributed by atoms with Gasteiger partial charge in [-0.1, -0.05) is 20.3 Å². The number of carboxylic acid groups (broad SMARTS) is 1. The molecule has 1 heterocycles. The van der Waals surface area contributed by atoms with Gasteiger partial charge in [0, 0.05) is 39.8 Å². The number of carboxylic acids is 1. The molecule has 2 unspecified atom stereocenters. The number of carbonyl (C=O) groups is 2. The number of amides is 2. The zero-order chi connectivity index (χ0) is 15.3. The van der Waals surface area contributed by atoms with Gasteiger partial charge in [-0.2, -0.15) is 0 Å². The van der Waals surface area contributed by atoms with Crippen LogP contribution in [0.3, 0.4) is 0 Å². The third kappa shape index (κ3) is 4.37. The third-order valence-corrected chi connectivity index (χ3v) is 4.10. The first-order chi connectivity index (χ1) is 9.36. The molecule has 0 bridgehead atoms. The molecule has 6 heteroatoms. The van der Waals surface area contributed by atoms with Crippen molar-refractivity contribution in [2.24, 2.45) is 5.92 Å². The second kappa shape index (κ2) is 7.47. The Morgan fingerprint density at radius 2 is 1.75 bits per heavy atom. The molecule has 6 nitrogen and oxygen atoms in total. The minimum absolute atomic E-state index is 0.0490. The van der Waals surface area contributed by atoms with Crippen LogP contribution in [0, 0.1) is 5.92 Å². The summed E-state index contributed by atoms with van der Waals surface area (Å²) in [7, 11) is 1.83. The molecule has 1 N–H and O–H groups in total. The van der Waals surface area contributed by atoms with E-state index < -0.39 is 12.0 Å². The Morgan fingerprint density at radius 3 is 2.20 bits per heavy atom. The fraction of sp³-hybridized carbons (Fsp3) is 0.857. The number of rotatable bonds is 5. The number of urea groups is 1. The molecule has 0 aromatic rings. The van der Waals surface area contributed by atoms with Crippen LogP contribution in [0.15, 0.2) is 0 Å². The number of carbonyl (C=O) groups excluding carboxylic acids is 1. The summed E-state index contributed by atoms with van der Waals surface area (Å²) in [6, 6.07) is -0.432. The zero-order valence-corrected chi connectivity index (χ0v) is 13.0. The normalized spacial score (nSPS) is 19.5. The second-order valence-corrected chi connectivity index (χ2v) is 5.71. The zero-order valence-electron chi connectivity index (χ0n) is 13.0. The monoisotopic (exact) mass is 285 g/mol. The summed E-state index contributed by atoms with van der Waals surface area (Å²) < 4.78 is 0. The van der Waals surface area contributed by atoms with E-state index in [0.717, 1.165) is 13.0 Å². The average molecular weight is 285 g/mol. The van der Waals surface area contributed by atoms with Crippen molar-refractivity contribution in [2.75, 3.05) is 39.8 Å². The van der Waals surface area contributed by atoms with Crippen LogP contribution in [0.2, 0.25) is 0 Å². The van der Waals surface area contributed by atoms with Crippen molar-refractivity contribution in [3.63, 3.8) is 0 Å². The topological polar surface area (TPSA) is 64.1 Å². The van der Waals surface area contributed by atoms with Crippen LogP contribution >= 0.6 is 0 Å². The van der Waals surface area contributed by atoms with Crippen LogP contribution in [0.1, 0.15) is 27.2 Å². The number of hydrogen-bond donors (Lipinski definition) is 1. The number of piperazine rings is 1. The van der Waals surface area contributed by atoms with Gasteiger partial charge < -0.3 is 14.9 Å². The average Bonchev–Trinajstić information content (AvgIpc) is 2.45. The highest BCUT2D eigenvalue weighted by Gasteiger charge is 2.28. The van der Waals surface area contributed by atoms with Gasteiger partial charge in [-0.15, -0.1) is 0 Å². The van der Waals surface area contributed by atoms with Crippen molar-refractivity contribution in [1.82, 2.24) is 14.7 Å². The molecule has 1 fully saturated rings. The lowest BCUT2D eigenvalue weighted by Gasteiger charge is -2.38. The van der Waals surface area contributed by atoms with Gasteiger partial charge in [0.05, 0.1) is 0 Å². The lowest BCUT2D eigenvalue weighted by atomic mass is 10.1. The first kappa shape index (κ1) is 16.8. The predicted molar refractivity (Wildman–Crippen MR) is 77.7 cm³/mol. The van der Waals surface area contributed by atoms with Crippen molar-refractivity contribution in [2.45, 2.75) is 33.2 Å². The lowest BCUT2D eigenvalue weighted by Crippen LogP contribution is -2.55. The van der Waals surface area contributed by atoms with Crippen LogP contribution < -0.4 is 0 Å². The summed E-state index contributed by atoms with van der Waals surface area (Å²) >= 11 is 0. The van der Waals surface area contributed by atoms with Crippen molar-refractivity contribution < 1.29 is 14.7 Å². The van der Waals surface area contributed by atoms with Gasteiger partial charge in [-0.3, -0.25) is 9.69 Å². The van der Waals surface area contributed by atoms with E-state index in [9.17, 15) is 9.59 Å². The molecule has 20 heavy (non-hydrogen) atoms. The Kier molecular flexibility index (Phi) is 6.26. The lowest BCUT2D eigenvalue weighted by molar-refractivity contribution is -0.143. The number of hydrogen-bond acceptors (Lipinski definition) is 3. The van der Waals surface area contributed by atoms with E-state index in [1.165, 1.54) is 0 Å². The Bertz CT molecular complexity index is 341. The Balaban J connectivity index is 2.44. The SMILES string of the molecule is CCC(C)CN(C)C(=O)N1CCN(C(C)C(=O)O)CC1. The first-order valence-corrected chi connectivity index (χ1v) is 7.33. The third-order valence-electron chi connectivity index (χ3n) is 4.10. The van der Waals surface area contributed by atoms with Gasteiger partial charge in [0.25, 0.3) is 0 Å². The van der Waals surface area contributed by atoms with Crippen LogP contribution in [0.25, 0.3) is 0 Å². The van der Waals surface area contributed by atoms with E-state index in [1.54, 1.807) is 11.8 Å². The predicted octanol–water partition coefficient (Wildman–Crippen LogP) is 1.17. The molecule has 0 aromatic carbocycles. The van der Waals surface area contributed by atoms with Gasteiger partial charge in [0.15, 0.2) is 0 Å². The van der Waals surface area contributed by atoms with Gasteiger partial charge in [0.1, 0.15) is 6.04 Å². The van der Waals surface area contributed by atoms with Gasteiger partial charge in [-0.05, 0) is 12.8 Å². The molecule has 2 atom stereocenters. The fourth-order valence-corrected chi connectivity index (χ4v) is 2.37. The van der Waals surface area contributed by atoms with Gasteiger partial charge in [-0.25, -0.2) is 4.79 Å². The quantitative estimate of drug-likeness (QED) is 0.823. The smallest absolute Gasteiger partial charge is 0.320 e. The highest BCUT2D eigenvalue weighted by Crippen LogP contribution is 2.10. The maximum atomic E-state index is 12.3. The summed E-state index contributed by atoms with van der Waals surface area (Å²) in [5.74, 6) is -0.309. The van der Waals surface area contributed by atoms with Crippen molar-refractivity contribution in [3.05, 3.63) is 0 Å². The van der Waals surface area contributed by atoms with Gasteiger partial charge >= 0.3 is 12.0 Å². The Hall–Kier alpha value is -1.30. The fourth-order valence-electron chi connectivity index (χ4n) is 2.37. The summed E-state index contributed by atoms with van der Waals surface area (Å²) in [4.78, 5) is 28.7. The minimum atomic E-state index is -0.807. The molecule has 116 valence electrons. The van der Waals surface area contributed by atoms with E-state index >= 15 is 0 Å². The van der Waals surface area contributed by atoms with E-state index in [1.807, 2.05) is 16.8 Å². The van der Waals surface area contributed by atoms with E-state index in [2.05, 4.69) is 13.8 Å². The minimum Gasteiger partial charge on any atom is -0.480 e. The molecule has 0 spiro atoms. The second-order valence-electron chi connectivity index (χ2n) is 5.71. The van der Waals surface area contributed by atoms with Crippen molar-refractivity contribution in [3.8, 4) is 0 Å². The largest absolute Gasteiger partial charge is 0.480 e. The van der Waals surface area contributed by atoms with Crippen molar-refractivity contribution >= 4 is 12.0 Å². The van der Waals surface area contributed by atoms with E-state index in [4.69, 9.17) is 5.11 Å². The summed E-state index contributed by atoms with van der Waals surface area (Å²) in [5, 5.41) is 8.99. The summed E-state index contributed by atoms with van der Waals surface area (Å²) in [6.07, 6.45) is 1.06. The highest BCUT2D eigenvalue weighted by atomic mass is 16.4. The number of aliphatic carboxylic acids is 1. The van der Waals surface area contributed by atoms with E-state index in [0.29, 0.717) is 32.1 Å². The molecular weight excluding hydrogens is 258 g/mol.